The van der Waals surface area contributed by atoms with Gasteiger partial charge in [0.1, 0.15) is 5.82 Å². The summed E-state index contributed by atoms with van der Waals surface area (Å²) in [5, 5.41) is 13.8. The number of hydrogen-bond acceptors (Lipinski definition) is 7. The summed E-state index contributed by atoms with van der Waals surface area (Å²) in [6.45, 7) is 0.449. The molecule has 2 heterocycles. The molecule has 0 bridgehead atoms. The standard InChI is InChI=1S/C26H29N5O4/c27-24-20-8-7-18(13-19(20)9-11-29-24)16-31-12-4-10-26(31,25(28)35)23(34)21(30-15-22(32)33)14-17-5-2-1-3-6-17/h1-3,5-9,11,13,21,30H,4,10,12,14-16H2,(H2,27,29)(H2,28,35)(H,32,33)/t21-,26-/m1/s1. The number of nitrogen functional groups attached to an aromatic ring is 1. The molecule has 1 fully saturated rings. The first-order valence-electron chi connectivity index (χ1n) is 11.5. The van der Waals surface area contributed by atoms with Crippen molar-refractivity contribution in [1.29, 1.82) is 0 Å². The fraction of sp³-hybridized carbons (Fsp3) is 0.308. The third kappa shape index (κ3) is 5.01. The number of amides is 1. The van der Waals surface area contributed by atoms with E-state index in [9.17, 15) is 19.5 Å². The van der Waals surface area contributed by atoms with Crippen molar-refractivity contribution in [3.8, 4) is 0 Å². The van der Waals surface area contributed by atoms with Gasteiger partial charge in [-0.3, -0.25) is 24.6 Å². The Hall–Kier alpha value is -3.82. The lowest BCUT2D eigenvalue weighted by Crippen LogP contribution is -2.64. The van der Waals surface area contributed by atoms with E-state index in [0.717, 1.165) is 21.9 Å². The minimum atomic E-state index is -1.53. The van der Waals surface area contributed by atoms with Crippen LogP contribution in [0.4, 0.5) is 5.82 Å². The summed E-state index contributed by atoms with van der Waals surface area (Å²) >= 11 is 0. The van der Waals surface area contributed by atoms with Gasteiger partial charge in [0.15, 0.2) is 11.3 Å². The van der Waals surface area contributed by atoms with Gasteiger partial charge in [0.25, 0.3) is 0 Å². The Morgan fingerprint density at radius 3 is 2.60 bits per heavy atom. The third-order valence-corrected chi connectivity index (χ3v) is 6.65. The average Bonchev–Trinajstić information content (AvgIpc) is 3.26. The number of carboxylic acids is 1. The molecule has 0 unspecified atom stereocenters. The van der Waals surface area contributed by atoms with Crippen LogP contribution in [0.3, 0.4) is 0 Å². The number of likely N-dealkylation sites (tertiary alicyclic amines) is 1. The van der Waals surface area contributed by atoms with Crippen LogP contribution in [0, 0.1) is 0 Å². The summed E-state index contributed by atoms with van der Waals surface area (Å²) in [4.78, 5) is 44.1. The Morgan fingerprint density at radius 1 is 1.11 bits per heavy atom. The van der Waals surface area contributed by atoms with E-state index in [1.54, 1.807) is 6.20 Å². The number of aliphatic carboxylic acids is 1. The smallest absolute Gasteiger partial charge is 0.317 e. The predicted octanol–water partition coefficient (Wildman–Crippen LogP) is 1.49. The number of hydrogen-bond donors (Lipinski definition) is 4. The lowest BCUT2D eigenvalue weighted by molar-refractivity contribution is -0.143. The molecule has 9 nitrogen and oxygen atoms in total. The van der Waals surface area contributed by atoms with E-state index < -0.39 is 35.8 Å². The number of primary amides is 1. The number of carbonyl (C=O) groups is 3. The second-order valence-electron chi connectivity index (χ2n) is 8.88. The Morgan fingerprint density at radius 2 is 1.89 bits per heavy atom. The SMILES string of the molecule is NC(=O)[C@]1(C(=O)[C@@H](Cc2ccccc2)NCC(=O)O)CCCN1Cc1ccc2c(N)nccc2c1. The molecule has 4 rings (SSSR count). The topological polar surface area (TPSA) is 152 Å². The molecule has 35 heavy (non-hydrogen) atoms. The van der Waals surface area contributed by atoms with Crippen LogP contribution < -0.4 is 16.8 Å². The van der Waals surface area contributed by atoms with Gasteiger partial charge in [0.2, 0.25) is 5.91 Å². The highest BCUT2D eigenvalue weighted by molar-refractivity contribution is 6.12. The maximum atomic E-state index is 14.0. The molecule has 1 aromatic heterocycles. The molecule has 0 aliphatic carbocycles. The van der Waals surface area contributed by atoms with Crippen molar-refractivity contribution in [1.82, 2.24) is 15.2 Å². The Balaban J connectivity index is 1.65. The van der Waals surface area contributed by atoms with E-state index in [2.05, 4.69) is 10.3 Å². The predicted molar refractivity (Wildman–Crippen MR) is 132 cm³/mol. The number of nitrogens with zero attached hydrogens (tertiary/aromatic N) is 2. The zero-order chi connectivity index (χ0) is 25.0. The Labute approximate surface area is 203 Å². The number of rotatable bonds is 10. The van der Waals surface area contributed by atoms with Crippen molar-refractivity contribution in [2.75, 3.05) is 18.8 Å². The van der Waals surface area contributed by atoms with Gasteiger partial charge in [-0.1, -0.05) is 42.5 Å². The second kappa shape index (κ2) is 10.2. The molecule has 0 saturated carbocycles. The number of nitrogens with one attached hydrogen (secondary N) is 1. The van der Waals surface area contributed by atoms with E-state index in [-0.39, 0.29) is 12.8 Å². The van der Waals surface area contributed by atoms with Crippen molar-refractivity contribution in [2.24, 2.45) is 5.73 Å². The minimum absolute atomic E-state index is 0.248. The number of carboxylic acid groups (broad SMARTS) is 1. The molecule has 6 N–H and O–H groups in total. The number of carbonyl (C=O) groups excluding carboxylic acids is 2. The van der Waals surface area contributed by atoms with Gasteiger partial charge in [-0.2, -0.15) is 0 Å². The zero-order valence-electron chi connectivity index (χ0n) is 19.3. The molecular weight excluding hydrogens is 446 g/mol. The van der Waals surface area contributed by atoms with E-state index in [1.165, 1.54) is 0 Å². The lowest BCUT2D eigenvalue weighted by Gasteiger charge is -2.37. The van der Waals surface area contributed by atoms with Crippen LogP contribution in [0.2, 0.25) is 0 Å². The number of fused-ring (bicyclic) bond motifs is 1. The average molecular weight is 476 g/mol. The fourth-order valence-corrected chi connectivity index (χ4v) is 4.94. The monoisotopic (exact) mass is 475 g/mol. The van der Waals surface area contributed by atoms with Crippen molar-refractivity contribution in [3.05, 3.63) is 71.9 Å². The summed E-state index contributed by atoms with van der Waals surface area (Å²) < 4.78 is 0. The van der Waals surface area contributed by atoms with Crippen LogP contribution in [-0.4, -0.2) is 57.3 Å². The van der Waals surface area contributed by atoms with Gasteiger partial charge in [-0.15, -0.1) is 0 Å². The molecule has 182 valence electrons. The molecular formula is C26H29N5O4. The van der Waals surface area contributed by atoms with Gasteiger partial charge in [-0.25, -0.2) is 4.98 Å². The van der Waals surface area contributed by atoms with Gasteiger partial charge < -0.3 is 16.6 Å². The Bertz CT molecular complexity index is 1250. The zero-order valence-corrected chi connectivity index (χ0v) is 19.3. The number of anilines is 1. The molecule has 9 heteroatoms. The molecule has 1 amide bonds. The number of benzene rings is 2. The van der Waals surface area contributed by atoms with Crippen LogP contribution in [-0.2, 0) is 27.3 Å². The first kappa shape index (κ1) is 24.3. The number of nitrogens with two attached hydrogens (primary N) is 2. The number of ketones is 1. The highest BCUT2D eigenvalue weighted by Gasteiger charge is 2.54. The van der Waals surface area contributed by atoms with Crippen molar-refractivity contribution >= 4 is 34.3 Å². The number of aromatic nitrogens is 1. The number of pyridine rings is 1. The molecule has 3 aromatic rings. The van der Waals surface area contributed by atoms with Crippen LogP contribution in [0.5, 0.6) is 0 Å². The van der Waals surface area contributed by atoms with Gasteiger partial charge in [-0.05, 0) is 47.9 Å². The molecule has 2 atom stereocenters. The minimum Gasteiger partial charge on any atom is -0.480 e. The molecule has 1 aliphatic rings. The molecule has 1 saturated heterocycles. The maximum Gasteiger partial charge on any atom is 0.317 e. The van der Waals surface area contributed by atoms with Crippen LogP contribution >= 0.6 is 0 Å². The van der Waals surface area contributed by atoms with Crippen molar-refractivity contribution in [3.63, 3.8) is 0 Å². The molecule has 2 aromatic carbocycles. The fourth-order valence-electron chi connectivity index (χ4n) is 4.94. The first-order valence-corrected chi connectivity index (χ1v) is 11.5. The summed E-state index contributed by atoms with van der Waals surface area (Å²) in [6, 6.07) is 16.0. The second-order valence-corrected chi connectivity index (χ2v) is 8.88. The van der Waals surface area contributed by atoms with E-state index >= 15 is 0 Å². The van der Waals surface area contributed by atoms with Crippen LogP contribution in [0.1, 0.15) is 24.0 Å². The lowest BCUT2D eigenvalue weighted by atomic mass is 9.83. The molecule has 1 aliphatic heterocycles. The van der Waals surface area contributed by atoms with Crippen molar-refractivity contribution in [2.45, 2.75) is 37.4 Å². The van der Waals surface area contributed by atoms with E-state index in [4.69, 9.17) is 11.5 Å². The Kier molecular flexibility index (Phi) is 7.09. The summed E-state index contributed by atoms with van der Waals surface area (Å²) in [7, 11) is 0. The van der Waals surface area contributed by atoms with E-state index in [0.29, 0.717) is 25.3 Å². The van der Waals surface area contributed by atoms with Crippen LogP contribution in [0.15, 0.2) is 60.8 Å². The molecule has 0 spiro atoms. The molecule has 0 radical (unpaired) electrons. The summed E-state index contributed by atoms with van der Waals surface area (Å²) in [5.74, 6) is -1.77. The van der Waals surface area contributed by atoms with Gasteiger partial charge >= 0.3 is 5.97 Å². The largest absolute Gasteiger partial charge is 0.480 e. The van der Waals surface area contributed by atoms with E-state index in [1.807, 2.05) is 59.5 Å². The normalized spacial score (nSPS) is 19.0. The van der Waals surface area contributed by atoms with Gasteiger partial charge in [0.05, 0.1) is 12.6 Å². The van der Waals surface area contributed by atoms with Crippen LogP contribution in [0.25, 0.3) is 10.8 Å². The third-order valence-electron chi connectivity index (χ3n) is 6.65. The van der Waals surface area contributed by atoms with Crippen molar-refractivity contribution < 1.29 is 19.5 Å². The highest BCUT2D eigenvalue weighted by Crippen LogP contribution is 2.34. The van der Waals surface area contributed by atoms with Gasteiger partial charge in [0, 0.05) is 24.7 Å². The first-order chi connectivity index (χ1) is 16.8. The highest BCUT2D eigenvalue weighted by atomic mass is 16.4. The quantitative estimate of drug-likeness (QED) is 0.322. The maximum absolute atomic E-state index is 14.0. The number of Topliss-reactive ketones (excluding diaryl/α,β-unsaturated/α-hetero) is 1. The summed E-state index contributed by atoms with van der Waals surface area (Å²) in [5.41, 5.74) is 12.1. The summed E-state index contributed by atoms with van der Waals surface area (Å²) in [6.07, 6.45) is 2.79.